The van der Waals surface area contributed by atoms with Crippen molar-refractivity contribution in [2.45, 2.75) is 52.0 Å². The monoisotopic (exact) mass is 350 g/mol. The van der Waals surface area contributed by atoms with Crippen LogP contribution in [0.15, 0.2) is 48.5 Å². The Bertz CT molecular complexity index is 766. The van der Waals surface area contributed by atoms with Crippen molar-refractivity contribution >= 4 is 23.2 Å². The van der Waals surface area contributed by atoms with Crippen LogP contribution in [-0.2, 0) is 22.4 Å². The second kappa shape index (κ2) is 8.17. The van der Waals surface area contributed by atoms with Gasteiger partial charge in [0.15, 0.2) is 0 Å². The third-order valence-corrected chi connectivity index (χ3v) is 4.86. The second-order valence-corrected chi connectivity index (χ2v) is 6.79. The summed E-state index contributed by atoms with van der Waals surface area (Å²) < 4.78 is 0. The van der Waals surface area contributed by atoms with Crippen LogP contribution >= 0.6 is 0 Å². The molecule has 4 heteroatoms. The van der Waals surface area contributed by atoms with Crippen LogP contribution in [0.2, 0.25) is 0 Å². The SMILES string of the molecule is CCCCc1ccc(NC2CC(=O)N(c3ccc(CC)cc3)C2=O)cc1. The molecule has 0 saturated carbocycles. The molecule has 1 N–H and O–H groups in total. The summed E-state index contributed by atoms with van der Waals surface area (Å²) in [6, 6.07) is 15.3. The molecule has 136 valence electrons. The minimum atomic E-state index is -0.505. The van der Waals surface area contributed by atoms with E-state index in [2.05, 4.69) is 31.3 Å². The fourth-order valence-corrected chi connectivity index (χ4v) is 3.25. The standard InChI is InChI=1S/C22H26N2O2/c1-3-5-6-17-7-11-18(12-8-17)23-20-15-21(25)24(22(20)26)19-13-9-16(4-2)10-14-19/h7-14,20,23H,3-6,15H2,1-2H3. The Kier molecular flexibility index (Phi) is 5.71. The molecule has 0 aliphatic carbocycles. The summed E-state index contributed by atoms with van der Waals surface area (Å²) in [5, 5.41) is 3.21. The molecule has 1 atom stereocenters. The molecule has 2 aromatic rings. The van der Waals surface area contributed by atoms with E-state index in [0.717, 1.165) is 18.5 Å². The van der Waals surface area contributed by atoms with Crippen molar-refractivity contribution in [1.29, 1.82) is 0 Å². The first-order valence-corrected chi connectivity index (χ1v) is 9.43. The second-order valence-electron chi connectivity index (χ2n) is 6.79. The number of amides is 2. The molecule has 1 aliphatic heterocycles. The van der Waals surface area contributed by atoms with Crippen LogP contribution in [0.3, 0.4) is 0 Å². The van der Waals surface area contributed by atoms with Crippen LogP contribution in [0, 0.1) is 0 Å². The Morgan fingerprint density at radius 1 is 0.962 bits per heavy atom. The van der Waals surface area contributed by atoms with Crippen LogP contribution in [0.4, 0.5) is 11.4 Å². The van der Waals surface area contributed by atoms with Crippen molar-refractivity contribution in [2.75, 3.05) is 10.2 Å². The van der Waals surface area contributed by atoms with Gasteiger partial charge in [0.2, 0.25) is 5.91 Å². The molecular formula is C22H26N2O2. The number of carbonyl (C=O) groups is 2. The molecule has 1 heterocycles. The van der Waals surface area contributed by atoms with Crippen LogP contribution in [-0.4, -0.2) is 17.9 Å². The van der Waals surface area contributed by atoms with Gasteiger partial charge in [-0.3, -0.25) is 9.59 Å². The Morgan fingerprint density at radius 2 is 1.62 bits per heavy atom. The zero-order valence-corrected chi connectivity index (χ0v) is 15.5. The lowest BCUT2D eigenvalue weighted by molar-refractivity contribution is -0.121. The first kappa shape index (κ1) is 18.2. The predicted molar refractivity (Wildman–Crippen MR) is 105 cm³/mol. The lowest BCUT2D eigenvalue weighted by atomic mass is 10.1. The number of imide groups is 1. The van der Waals surface area contributed by atoms with E-state index in [0.29, 0.717) is 5.69 Å². The number of hydrogen-bond acceptors (Lipinski definition) is 3. The normalized spacial score (nSPS) is 17.0. The number of hydrogen-bond donors (Lipinski definition) is 1. The number of rotatable bonds is 7. The third kappa shape index (κ3) is 3.96. The van der Waals surface area contributed by atoms with E-state index in [1.807, 2.05) is 36.4 Å². The van der Waals surface area contributed by atoms with Crippen LogP contribution in [0.5, 0.6) is 0 Å². The zero-order chi connectivity index (χ0) is 18.5. The van der Waals surface area contributed by atoms with Crippen molar-refractivity contribution in [3.8, 4) is 0 Å². The largest absolute Gasteiger partial charge is 0.373 e. The summed E-state index contributed by atoms with van der Waals surface area (Å²) in [5.74, 6) is -0.342. The number of benzene rings is 2. The molecule has 2 amide bonds. The average molecular weight is 350 g/mol. The summed E-state index contributed by atoms with van der Waals surface area (Å²) >= 11 is 0. The predicted octanol–water partition coefficient (Wildman–Crippen LogP) is 4.34. The van der Waals surface area contributed by atoms with E-state index in [9.17, 15) is 9.59 Å². The lowest BCUT2D eigenvalue weighted by Gasteiger charge is -2.16. The van der Waals surface area contributed by atoms with Gasteiger partial charge in [-0.05, 0) is 54.7 Å². The minimum absolute atomic E-state index is 0.156. The molecule has 26 heavy (non-hydrogen) atoms. The van der Waals surface area contributed by atoms with Gasteiger partial charge in [-0.2, -0.15) is 0 Å². The average Bonchev–Trinajstić information content (AvgIpc) is 2.94. The number of carbonyl (C=O) groups excluding carboxylic acids is 2. The van der Waals surface area contributed by atoms with E-state index in [1.165, 1.54) is 28.9 Å². The van der Waals surface area contributed by atoms with E-state index < -0.39 is 6.04 Å². The third-order valence-electron chi connectivity index (χ3n) is 4.86. The molecule has 0 aromatic heterocycles. The van der Waals surface area contributed by atoms with Crippen molar-refractivity contribution in [3.05, 3.63) is 59.7 Å². The van der Waals surface area contributed by atoms with Crippen molar-refractivity contribution in [3.63, 3.8) is 0 Å². The maximum Gasteiger partial charge on any atom is 0.256 e. The molecule has 1 fully saturated rings. The highest BCUT2D eigenvalue weighted by atomic mass is 16.2. The number of anilines is 2. The topological polar surface area (TPSA) is 49.4 Å². The van der Waals surface area contributed by atoms with Gasteiger partial charge in [-0.25, -0.2) is 4.90 Å². The van der Waals surface area contributed by atoms with E-state index in [1.54, 1.807) is 0 Å². The molecule has 1 aliphatic rings. The van der Waals surface area contributed by atoms with Gasteiger partial charge in [0.25, 0.3) is 5.91 Å². The molecule has 2 aromatic carbocycles. The van der Waals surface area contributed by atoms with Gasteiger partial charge in [0.05, 0.1) is 12.1 Å². The van der Waals surface area contributed by atoms with Gasteiger partial charge >= 0.3 is 0 Å². The Hall–Kier alpha value is -2.62. The van der Waals surface area contributed by atoms with Crippen LogP contribution in [0.25, 0.3) is 0 Å². The molecule has 0 spiro atoms. The molecule has 1 saturated heterocycles. The summed E-state index contributed by atoms with van der Waals surface area (Å²) in [6.45, 7) is 4.26. The van der Waals surface area contributed by atoms with Crippen LogP contribution in [0.1, 0.15) is 44.2 Å². The van der Waals surface area contributed by atoms with Gasteiger partial charge < -0.3 is 5.32 Å². The smallest absolute Gasteiger partial charge is 0.256 e. The fraction of sp³-hybridized carbons (Fsp3) is 0.364. The fourth-order valence-electron chi connectivity index (χ4n) is 3.25. The highest BCUT2D eigenvalue weighted by Crippen LogP contribution is 2.25. The lowest BCUT2D eigenvalue weighted by Crippen LogP contribution is -2.34. The Balaban J connectivity index is 1.68. The molecule has 0 radical (unpaired) electrons. The minimum Gasteiger partial charge on any atom is -0.373 e. The quantitative estimate of drug-likeness (QED) is 0.756. The molecular weight excluding hydrogens is 324 g/mol. The molecule has 1 unspecified atom stereocenters. The van der Waals surface area contributed by atoms with E-state index in [4.69, 9.17) is 0 Å². The van der Waals surface area contributed by atoms with Crippen molar-refractivity contribution in [1.82, 2.24) is 0 Å². The van der Waals surface area contributed by atoms with E-state index in [-0.39, 0.29) is 18.2 Å². The highest BCUT2D eigenvalue weighted by molar-refractivity contribution is 6.23. The Morgan fingerprint density at radius 3 is 2.23 bits per heavy atom. The summed E-state index contributed by atoms with van der Waals surface area (Å²) in [6.07, 6.45) is 4.54. The maximum atomic E-state index is 12.7. The first-order valence-electron chi connectivity index (χ1n) is 9.43. The number of unbranched alkanes of at least 4 members (excludes halogenated alkanes) is 1. The maximum absolute atomic E-state index is 12.7. The summed E-state index contributed by atoms with van der Waals surface area (Å²) in [4.78, 5) is 26.4. The summed E-state index contributed by atoms with van der Waals surface area (Å²) in [7, 11) is 0. The van der Waals surface area contributed by atoms with Crippen molar-refractivity contribution in [2.24, 2.45) is 0 Å². The highest BCUT2D eigenvalue weighted by Gasteiger charge is 2.39. The molecule has 3 rings (SSSR count). The number of nitrogens with zero attached hydrogens (tertiary/aromatic N) is 1. The summed E-state index contributed by atoms with van der Waals surface area (Å²) in [5.41, 5.74) is 4.01. The number of aryl methyl sites for hydroxylation is 2. The Labute approximate surface area is 155 Å². The van der Waals surface area contributed by atoms with Gasteiger partial charge in [-0.1, -0.05) is 44.5 Å². The van der Waals surface area contributed by atoms with Crippen LogP contribution < -0.4 is 10.2 Å². The number of nitrogens with one attached hydrogen (secondary N) is 1. The van der Waals surface area contributed by atoms with E-state index >= 15 is 0 Å². The van der Waals surface area contributed by atoms with Gasteiger partial charge in [0, 0.05) is 5.69 Å². The van der Waals surface area contributed by atoms with Gasteiger partial charge in [0.1, 0.15) is 6.04 Å². The molecule has 0 bridgehead atoms. The van der Waals surface area contributed by atoms with Gasteiger partial charge in [-0.15, -0.1) is 0 Å². The zero-order valence-electron chi connectivity index (χ0n) is 15.5. The van der Waals surface area contributed by atoms with Crippen molar-refractivity contribution < 1.29 is 9.59 Å². The first-order chi connectivity index (χ1) is 12.6. The molecule has 4 nitrogen and oxygen atoms in total.